The Kier molecular flexibility index (Phi) is 3.29. The summed E-state index contributed by atoms with van der Waals surface area (Å²) in [6.07, 6.45) is 0. The van der Waals surface area contributed by atoms with Crippen LogP contribution in [0.3, 0.4) is 0 Å². The molecule has 0 heterocycles. The molecule has 5 heteroatoms. The fraction of sp³-hybridized carbons (Fsp3) is 0.0714. The molecule has 0 unspecified atom stereocenters. The molecule has 0 aromatic heterocycles. The highest BCUT2D eigenvalue weighted by Gasteiger charge is 2.17. The Morgan fingerprint density at radius 2 is 1.74 bits per heavy atom. The summed E-state index contributed by atoms with van der Waals surface area (Å²) in [5, 5.41) is 0. The Balaban J connectivity index is 2.53. The molecule has 0 aliphatic carbocycles. The second-order valence-electron chi connectivity index (χ2n) is 4.13. The fourth-order valence-corrected chi connectivity index (χ4v) is 1.66. The summed E-state index contributed by atoms with van der Waals surface area (Å²) in [7, 11) is 0. The third-order valence-electron chi connectivity index (χ3n) is 2.82. The summed E-state index contributed by atoms with van der Waals surface area (Å²) in [6, 6.07) is 4.71. The smallest absolute Gasteiger partial charge is 0.196 e. The topological polar surface area (TPSA) is 43.1 Å². The highest BCUT2D eigenvalue weighted by molar-refractivity contribution is 6.09. The van der Waals surface area contributed by atoms with Gasteiger partial charge in [-0.05, 0) is 37.3 Å². The summed E-state index contributed by atoms with van der Waals surface area (Å²) in [5.74, 6) is -3.10. The first kappa shape index (κ1) is 13.1. The first-order chi connectivity index (χ1) is 8.90. The lowest BCUT2D eigenvalue weighted by Gasteiger charge is -2.07. The van der Waals surface area contributed by atoms with E-state index in [0.29, 0.717) is 0 Å². The van der Waals surface area contributed by atoms with Crippen LogP contribution in [0.5, 0.6) is 0 Å². The number of nitrogen functional groups attached to an aromatic ring is 1. The molecule has 19 heavy (non-hydrogen) atoms. The lowest BCUT2D eigenvalue weighted by atomic mass is 10.0. The molecule has 2 nitrogen and oxygen atoms in total. The number of nitrogens with two attached hydrogens (primary N) is 1. The number of carbonyl (C=O) groups excluding carboxylic acids is 1. The minimum Gasteiger partial charge on any atom is -0.398 e. The maximum absolute atomic E-state index is 13.5. The number of benzene rings is 2. The molecule has 0 bridgehead atoms. The van der Waals surface area contributed by atoms with Gasteiger partial charge < -0.3 is 5.73 Å². The van der Waals surface area contributed by atoms with Crippen molar-refractivity contribution in [2.24, 2.45) is 0 Å². The molecule has 0 fully saturated rings. The van der Waals surface area contributed by atoms with Crippen LogP contribution in [0.15, 0.2) is 30.3 Å². The SMILES string of the molecule is Cc1c(N)cc(C(=O)c2cc(F)ccc2F)cc1F. The number of carbonyl (C=O) groups is 1. The zero-order chi connectivity index (χ0) is 14.2. The molecule has 0 atom stereocenters. The predicted molar refractivity (Wildman–Crippen MR) is 65.3 cm³/mol. The van der Waals surface area contributed by atoms with Crippen LogP contribution < -0.4 is 5.73 Å². The second kappa shape index (κ2) is 4.76. The summed E-state index contributed by atoms with van der Waals surface area (Å²) < 4.78 is 40.0. The number of anilines is 1. The third kappa shape index (κ3) is 2.45. The van der Waals surface area contributed by atoms with Crippen LogP contribution in [-0.4, -0.2) is 5.78 Å². The van der Waals surface area contributed by atoms with Crippen LogP contribution in [0.1, 0.15) is 21.5 Å². The Labute approximate surface area is 107 Å². The monoisotopic (exact) mass is 265 g/mol. The van der Waals surface area contributed by atoms with E-state index in [9.17, 15) is 18.0 Å². The Bertz CT molecular complexity index is 645. The fourth-order valence-electron chi connectivity index (χ4n) is 1.66. The van der Waals surface area contributed by atoms with Crippen LogP contribution in [-0.2, 0) is 0 Å². The largest absolute Gasteiger partial charge is 0.398 e. The highest BCUT2D eigenvalue weighted by atomic mass is 19.1. The van der Waals surface area contributed by atoms with Crippen molar-refractivity contribution < 1.29 is 18.0 Å². The number of rotatable bonds is 2. The zero-order valence-electron chi connectivity index (χ0n) is 10.0. The predicted octanol–water partition coefficient (Wildman–Crippen LogP) is 3.23. The molecule has 0 saturated carbocycles. The molecule has 2 aromatic carbocycles. The van der Waals surface area contributed by atoms with Crippen LogP contribution in [0.4, 0.5) is 18.9 Å². The lowest BCUT2D eigenvalue weighted by molar-refractivity contribution is 0.103. The highest BCUT2D eigenvalue weighted by Crippen LogP contribution is 2.21. The van der Waals surface area contributed by atoms with E-state index >= 15 is 0 Å². The van der Waals surface area contributed by atoms with Crippen molar-refractivity contribution in [3.63, 3.8) is 0 Å². The van der Waals surface area contributed by atoms with Gasteiger partial charge in [0.25, 0.3) is 0 Å². The van der Waals surface area contributed by atoms with Gasteiger partial charge in [0.05, 0.1) is 5.56 Å². The number of hydrogen-bond donors (Lipinski definition) is 1. The maximum Gasteiger partial charge on any atom is 0.196 e. The van der Waals surface area contributed by atoms with E-state index in [0.717, 1.165) is 24.3 Å². The molecule has 0 saturated heterocycles. The third-order valence-corrected chi connectivity index (χ3v) is 2.82. The van der Waals surface area contributed by atoms with E-state index < -0.39 is 28.8 Å². The molecule has 0 spiro atoms. The van der Waals surface area contributed by atoms with Crippen molar-refractivity contribution in [2.75, 3.05) is 5.73 Å². The summed E-state index contributed by atoms with van der Waals surface area (Å²) in [6.45, 7) is 1.46. The van der Waals surface area contributed by atoms with E-state index in [1.165, 1.54) is 13.0 Å². The molecule has 2 N–H and O–H groups in total. The minimum atomic E-state index is -0.869. The van der Waals surface area contributed by atoms with Crippen LogP contribution in [0.25, 0.3) is 0 Å². The van der Waals surface area contributed by atoms with E-state index in [4.69, 9.17) is 5.73 Å². The van der Waals surface area contributed by atoms with Gasteiger partial charge in [-0.3, -0.25) is 4.79 Å². The maximum atomic E-state index is 13.5. The van der Waals surface area contributed by atoms with Crippen molar-refractivity contribution >= 4 is 11.5 Å². The van der Waals surface area contributed by atoms with Gasteiger partial charge >= 0.3 is 0 Å². The van der Waals surface area contributed by atoms with Gasteiger partial charge in [0.15, 0.2) is 5.78 Å². The van der Waals surface area contributed by atoms with E-state index in [1.54, 1.807) is 0 Å². The molecular formula is C14H10F3NO. The summed E-state index contributed by atoms with van der Waals surface area (Å²) in [5.41, 5.74) is 5.26. The van der Waals surface area contributed by atoms with Crippen molar-refractivity contribution in [2.45, 2.75) is 6.92 Å². The van der Waals surface area contributed by atoms with E-state index in [1.807, 2.05) is 0 Å². The Morgan fingerprint density at radius 3 is 2.37 bits per heavy atom. The van der Waals surface area contributed by atoms with Crippen molar-refractivity contribution in [3.8, 4) is 0 Å². The standard InChI is InChI=1S/C14H10F3NO/c1-7-12(17)4-8(5-13(7)18)14(19)10-6-9(15)2-3-11(10)16/h2-6H,18H2,1H3. The van der Waals surface area contributed by atoms with Crippen molar-refractivity contribution in [1.29, 1.82) is 0 Å². The van der Waals surface area contributed by atoms with Gasteiger partial charge in [-0.25, -0.2) is 13.2 Å². The Morgan fingerprint density at radius 1 is 1.05 bits per heavy atom. The molecular weight excluding hydrogens is 255 g/mol. The average molecular weight is 265 g/mol. The average Bonchev–Trinajstić information content (AvgIpc) is 2.37. The molecule has 0 aliphatic rings. The van der Waals surface area contributed by atoms with Crippen LogP contribution in [0.2, 0.25) is 0 Å². The quantitative estimate of drug-likeness (QED) is 0.669. The zero-order valence-corrected chi connectivity index (χ0v) is 10.0. The lowest BCUT2D eigenvalue weighted by Crippen LogP contribution is -2.07. The summed E-state index contributed by atoms with van der Waals surface area (Å²) in [4.78, 5) is 12.0. The first-order valence-corrected chi connectivity index (χ1v) is 5.45. The van der Waals surface area contributed by atoms with Gasteiger partial charge in [0.2, 0.25) is 0 Å². The normalized spacial score (nSPS) is 10.5. The second-order valence-corrected chi connectivity index (χ2v) is 4.13. The Hall–Kier alpha value is -2.30. The molecule has 98 valence electrons. The van der Waals surface area contributed by atoms with Gasteiger partial charge in [-0.15, -0.1) is 0 Å². The van der Waals surface area contributed by atoms with Crippen LogP contribution in [0, 0.1) is 24.4 Å². The minimum absolute atomic E-state index is 0.0835. The number of hydrogen-bond acceptors (Lipinski definition) is 2. The molecule has 2 aromatic rings. The van der Waals surface area contributed by atoms with Gasteiger partial charge in [-0.1, -0.05) is 0 Å². The van der Waals surface area contributed by atoms with E-state index in [2.05, 4.69) is 0 Å². The van der Waals surface area contributed by atoms with Gasteiger partial charge in [0, 0.05) is 16.8 Å². The van der Waals surface area contributed by atoms with Crippen molar-refractivity contribution in [1.82, 2.24) is 0 Å². The number of ketones is 1. The molecule has 0 radical (unpaired) electrons. The first-order valence-electron chi connectivity index (χ1n) is 5.45. The van der Waals surface area contributed by atoms with E-state index in [-0.39, 0.29) is 16.8 Å². The summed E-state index contributed by atoms with van der Waals surface area (Å²) >= 11 is 0. The van der Waals surface area contributed by atoms with Gasteiger partial charge in [0.1, 0.15) is 17.5 Å². The van der Waals surface area contributed by atoms with Crippen molar-refractivity contribution in [3.05, 3.63) is 64.5 Å². The van der Waals surface area contributed by atoms with Crippen LogP contribution >= 0.6 is 0 Å². The molecule has 2 rings (SSSR count). The molecule has 0 aliphatic heterocycles. The molecule has 0 amide bonds. The van der Waals surface area contributed by atoms with Gasteiger partial charge in [-0.2, -0.15) is 0 Å². The number of halogens is 3.